The van der Waals surface area contributed by atoms with Gasteiger partial charge in [-0.05, 0) is 17.7 Å². The van der Waals surface area contributed by atoms with Crippen molar-refractivity contribution in [2.45, 2.75) is 0 Å². The van der Waals surface area contributed by atoms with Crippen molar-refractivity contribution in [1.29, 1.82) is 0 Å². The molecule has 2 nitrogen and oxygen atoms in total. The van der Waals surface area contributed by atoms with Crippen LogP contribution in [0.4, 0.5) is 0 Å². The highest BCUT2D eigenvalue weighted by molar-refractivity contribution is 5.50. The molecule has 2 heteroatoms. The van der Waals surface area contributed by atoms with E-state index in [4.69, 9.17) is 5.11 Å². The zero-order chi connectivity index (χ0) is 9.10. The van der Waals surface area contributed by atoms with E-state index in [0.29, 0.717) is 0 Å². The van der Waals surface area contributed by atoms with Crippen molar-refractivity contribution in [3.8, 4) is 0 Å². The Balaban J connectivity index is 2.35. The van der Waals surface area contributed by atoms with E-state index in [1.54, 1.807) is 0 Å². The van der Waals surface area contributed by atoms with Crippen LogP contribution in [-0.2, 0) is 0 Å². The van der Waals surface area contributed by atoms with E-state index >= 15 is 0 Å². The summed E-state index contributed by atoms with van der Waals surface area (Å²) in [6, 6.07) is 0. The zero-order valence-electron chi connectivity index (χ0n) is 7.20. The average molecular weight is 173 g/mol. The first-order valence-electron chi connectivity index (χ1n) is 4.24. The molecule has 0 bridgehead atoms. The summed E-state index contributed by atoms with van der Waals surface area (Å²) in [5.74, 6) is 0. The summed E-state index contributed by atoms with van der Waals surface area (Å²) in [6.45, 7) is 0.0501. The van der Waals surface area contributed by atoms with E-state index in [1.165, 1.54) is 0 Å². The van der Waals surface area contributed by atoms with Crippen LogP contribution in [0.15, 0.2) is 59.5 Å². The molecule has 0 unspecified atom stereocenters. The topological polar surface area (TPSA) is 32.3 Å². The SMILES string of the molecule is OCC1=CC=C2C=CC=CC=C2N1. The lowest BCUT2D eigenvalue weighted by Gasteiger charge is -2.16. The Kier molecular flexibility index (Phi) is 2.15. The third-order valence-electron chi connectivity index (χ3n) is 2.00. The maximum absolute atomic E-state index is 8.93. The quantitative estimate of drug-likeness (QED) is 0.628. The van der Waals surface area contributed by atoms with Crippen molar-refractivity contribution < 1.29 is 5.11 Å². The third kappa shape index (κ3) is 1.63. The van der Waals surface area contributed by atoms with Gasteiger partial charge in [-0.25, -0.2) is 0 Å². The van der Waals surface area contributed by atoms with Crippen molar-refractivity contribution in [1.82, 2.24) is 5.32 Å². The smallest absolute Gasteiger partial charge is 0.0830 e. The van der Waals surface area contributed by atoms with Crippen LogP contribution in [0.2, 0.25) is 0 Å². The molecule has 0 amide bonds. The first-order chi connectivity index (χ1) is 6.40. The molecular formula is C11H11NO. The maximum Gasteiger partial charge on any atom is 0.0830 e. The normalized spacial score (nSPS) is 19.3. The van der Waals surface area contributed by atoms with Gasteiger partial charge in [0.25, 0.3) is 0 Å². The first-order valence-corrected chi connectivity index (χ1v) is 4.24. The van der Waals surface area contributed by atoms with Crippen molar-refractivity contribution in [3.63, 3.8) is 0 Å². The van der Waals surface area contributed by atoms with Gasteiger partial charge in [0.15, 0.2) is 0 Å². The third-order valence-corrected chi connectivity index (χ3v) is 2.00. The molecule has 0 saturated carbocycles. The fourth-order valence-electron chi connectivity index (χ4n) is 1.32. The van der Waals surface area contributed by atoms with Gasteiger partial charge in [0.1, 0.15) is 0 Å². The molecule has 0 spiro atoms. The Bertz CT molecular complexity index is 356. The number of hydrogen-bond acceptors (Lipinski definition) is 2. The largest absolute Gasteiger partial charge is 0.390 e. The minimum absolute atomic E-state index is 0.0501. The molecule has 0 atom stereocenters. The lowest BCUT2D eigenvalue weighted by atomic mass is 10.1. The molecule has 0 fully saturated rings. The highest BCUT2D eigenvalue weighted by atomic mass is 16.3. The number of dihydropyridines is 1. The number of nitrogens with one attached hydrogen (secondary N) is 1. The molecule has 1 heterocycles. The standard InChI is InChI=1S/C11H11NO/c13-8-10-7-6-9-4-2-1-3-5-11(9)12-10/h1-7,12-13H,8H2. The predicted molar refractivity (Wildman–Crippen MR) is 52.8 cm³/mol. The van der Waals surface area contributed by atoms with Crippen molar-refractivity contribution >= 4 is 0 Å². The van der Waals surface area contributed by atoms with Crippen molar-refractivity contribution in [3.05, 3.63) is 59.5 Å². The summed E-state index contributed by atoms with van der Waals surface area (Å²) in [6.07, 6.45) is 13.9. The van der Waals surface area contributed by atoms with Gasteiger partial charge < -0.3 is 10.4 Å². The van der Waals surface area contributed by atoms with Gasteiger partial charge in [0, 0.05) is 11.4 Å². The molecule has 0 radical (unpaired) electrons. The Hall–Kier alpha value is -1.54. The van der Waals surface area contributed by atoms with E-state index in [0.717, 1.165) is 17.0 Å². The highest BCUT2D eigenvalue weighted by Crippen LogP contribution is 2.17. The van der Waals surface area contributed by atoms with Crippen LogP contribution in [0.5, 0.6) is 0 Å². The van der Waals surface area contributed by atoms with Gasteiger partial charge in [-0.15, -0.1) is 0 Å². The summed E-state index contributed by atoms with van der Waals surface area (Å²) in [5, 5.41) is 12.1. The van der Waals surface area contributed by atoms with Gasteiger partial charge in [-0.2, -0.15) is 0 Å². The summed E-state index contributed by atoms with van der Waals surface area (Å²) < 4.78 is 0. The van der Waals surface area contributed by atoms with Crippen LogP contribution < -0.4 is 5.32 Å². The predicted octanol–water partition coefficient (Wildman–Crippen LogP) is 1.40. The molecule has 0 aromatic rings. The second kappa shape index (κ2) is 3.46. The van der Waals surface area contributed by atoms with Gasteiger partial charge in [0.2, 0.25) is 0 Å². The molecule has 13 heavy (non-hydrogen) atoms. The zero-order valence-corrected chi connectivity index (χ0v) is 7.20. The molecule has 2 N–H and O–H groups in total. The average Bonchev–Trinajstić information content (AvgIpc) is 2.41. The number of aliphatic hydroxyl groups excluding tert-OH is 1. The van der Waals surface area contributed by atoms with Crippen LogP contribution in [-0.4, -0.2) is 11.7 Å². The lowest BCUT2D eigenvalue weighted by molar-refractivity contribution is 0.324. The second-order valence-electron chi connectivity index (χ2n) is 2.92. The molecule has 0 aromatic carbocycles. The maximum atomic E-state index is 8.93. The number of rotatable bonds is 1. The molecular weight excluding hydrogens is 162 g/mol. The Morgan fingerprint density at radius 2 is 2.00 bits per heavy atom. The van der Waals surface area contributed by atoms with E-state index in [1.807, 2.05) is 42.5 Å². The number of fused-ring (bicyclic) bond motifs is 1. The van der Waals surface area contributed by atoms with Crippen molar-refractivity contribution in [2.24, 2.45) is 0 Å². The molecule has 66 valence electrons. The van der Waals surface area contributed by atoms with Crippen LogP contribution in [0.3, 0.4) is 0 Å². The molecule has 1 aliphatic heterocycles. The molecule has 0 saturated heterocycles. The summed E-state index contributed by atoms with van der Waals surface area (Å²) in [5.41, 5.74) is 3.01. The van der Waals surface area contributed by atoms with Crippen LogP contribution in [0.1, 0.15) is 0 Å². The van der Waals surface area contributed by atoms with Crippen LogP contribution in [0, 0.1) is 0 Å². The Labute approximate surface area is 77.3 Å². The van der Waals surface area contributed by atoms with Crippen molar-refractivity contribution in [2.75, 3.05) is 6.61 Å². The second-order valence-corrected chi connectivity index (χ2v) is 2.92. The molecule has 2 rings (SSSR count). The van der Waals surface area contributed by atoms with Gasteiger partial charge in [-0.3, -0.25) is 0 Å². The first kappa shape index (κ1) is 8.08. The molecule has 0 aromatic heterocycles. The van der Waals surface area contributed by atoms with E-state index in [2.05, 4.69) is 5.32 Å². The highest BCUT2D eigenvalue weighted by Gasteiger charge is 2.08. The summed E-state index contributed by atoms with van der Waals surface area (Å²) in [7, 11) is 0. The number of hydrogen-bond donors (Lipinski definition) is 2. The number of allylic oxidation sites excluding steroid dienone is 7. The van der Waals surface area contributed by atoms with Gasteiger partial charge in [-0.1, -0.05) is 30.4 Å². The van der Waals surface area contributed by atoms with E-state index in [-0.39, 0.29) is 6.61 Å². The lowest BCUT2D eigenvalue weighted by Crippen LogP contribution is -2.19. The fourth-order valence-corrected chi connectivity index (χ4v) is 1.32. The van der Waals surface area contributed by atoms with E-state index < -0.39 is 0 Å². The van der Waals surface area contributed by atoms with Gasteiger partial charge >= 0.3 is 0 Å². The Morgan fingerprint density at radius 3 is 2.85 bits per heavy atom. The minimum Gasteiger partial charge on any atom is -0.390 e. The molecule has 1 aliphatic carbocycles. The van der Waals surface area contributed by atoms with Crippen LogP contribution in [0.25, 0.3) is 0 Å². The molecule has 2 aliphatic rings. The van der Waals surface area contributed by atoms with Gasteiger partial charge in [0.05, 0.1) is 6.61 Å². The fraction of sp³-hybridized carbons (Fsp3) is 0.0909. The Morgan fingerprint density at radius 1 is 1.08 bits per heavy atom. The summed E-state index contributed by atoms with van der Waals surface area (Å²) >= 11 is 0. The monoisotopic (exact) mass is 173 g/mol. The number of aliphatic hydroxyl groups is 1. The van der Waals surface area contributed by atoms with E-state index in [9.17, 15) is 0 Å². The summed E-state index contributed by atoms with van der Waals surface area (Å²) in [4.78, 5) is 0. The minimum atomic E-state index is 0.0501. The van der Waals surface area contributed by atoms with Crippen LogP contribution >= 0.6 is 0 Å².